The van der Waals surface area contributed by atoms with Crippen molar-refractivity contribution < 1.29 is 4.79 Å². The van der Waals surface area contributed by atoms with Gasteiger partial charge in [-0.2, -0.15) is 0 Å². The van der Waals surface area contributed by atoms with Gasteiger partial charge in [0.1, 0.15) is 5.82 Å². The average molecular weight is 303 g/mol. The lowest BCUT2D eigenvalue weighted by Crippen LogP contribution is -2.22. The Kier molecular flexibility index (Phi) is 4.55. The number of H-pyrrole nitrogens is 1. The summed E-state index contributed by atoms with van der Waals surface area (Å²) in [6, 6.07) is 9.30. The Balaban J connectivity index is 0.00000161. The smallest absolute Gasteiger partial charge is 0.251 e. The number of nitrogens with zero attached hydrogens (tertiary/aromatic N) is 2. The molecule has 0 aliphatic carbocycles. The molecule has 1 amide bonds. The van der Waals surface area contributed by atoms with E-state index >= 15 is 0 Å². The number of amides is 1. The maximum atomic E-state index is 11.9. The molecule has 0 aliphatic rings. The molecule has 0 saturated heterocycles. The number of aromatic nitrogens is 3. The summed E-state index contributed by atoms with van der Waals surface area (Å²) < 4.78 is 0. The molecule has 0 spiro atoms. The lowest BCUT2D eigenvalue weighted by Gasteiger charge is -2.05. The van der Waals surface area contributed by atoms with Gasteiger partial charge in [-0.05, 0) is 36.8 Å². The van der Waals surface area contributed by atoms with Crippen LogP contribution in [-0.4, -0.2) is 20.9 Å². The zero-order chi connectivity index (χ0) is 13.9. The summed E-state index contributed by atoms with van der Waals surface area (Å²) in [5, 5.41) is 2.89. The topological polar surface area (TPSA) is 70.7 Å². The largest absolute Gasteiger partial charge is 0.348 e. The predicted molar refractivity (Wildman–Crippen MR) is 83.5 cm³/mol. The zero-order valence-electron chi connectivity index (χ0n) is 11.5. The van der Waals surface area contributed by atoms with Crippen LogP contribution in [0.4, 0.5) is 0 Å². The van der Waals surface area contributed by atoms with Crippen LogP contribution >= 0.6 is 12.4 Å². The number of benzene rings is 1. The third-order valence-electron chi connectivity index (χ3n) is 3.06. The molecule has 0 bridgehead atoms. The van der Waals surface area contributed by atoms with Crippen LogP contribution in [0.5, 0.6) is 0 Å². The molecule has 0 radical (unpaired) electrons. The molecule has 5 nitrogen and oxygen atoms in total. The maximum Gasteiger partial charge on any atom is 0.251 e. The number of hydrogen-bond donors (Lipinski definition) is 2. The molecule has 2 aromatic heterocycles. The van der Waals surface area contributed by atoms with E-state index < -0.39 is 0 Å². The van der Waals surface area contributed by atoms with Crippen molar-refractivity contribution in [2.24, 2.45) is 0 Å². The minimum Gasteiger partial charge on any atom is -0.348 e. The first kappa shape index (κ1) is 15.0. The number of carbonyl (C=O) groups excluding carboxylic acids is 1. The highest BCUT2D eigenvalue weighted by Crippen LogP contribution is 2.13. The number of carbonyl (C=O) groups is 1. The number of nitrogens with one attached hydrogen (secondary N) is 2. The third-order valence-corrected chi connectivity index (χ3v) is 3.06. The molecule has 108 valence electrons. The molecule has 0 fully saturated rings. The first-order chi connectivity index (χ1) is 9.72. The minimum atomic E-state index is -0.103. The fraction of sp³-hybridized carbons (Fsp3) is 0.133. The lowest BCUT2D eigenvalue weighted by molar-refractivity contribution is 0.0951. The Labute approximate surface area is 128 Å². The summed E-state index contributed by atoms with van der Waals surface area (Å²) in [5.74, 6) is 0.784. The van der Waals surface area contributed by atoms with Gasteiger partial charge >= 0.3 is 0 Å². The fourth-order valence-electron chi connectivity index (χ4n) is 2.08. The van der Waals surface area contributed by atoms with Crippen molar-refractivity contribution in [3.8, 4) is 0 Å². The Bertz CT molecular complexity index is 755. The summed E-state index contributed by atoms with van der Waals surface area (Å²) in [6.07, 6.45) is 3.21. The summed E-state index contributed by atoms with van der Waals surface area (Å²) in [6.45, 7) is 2.40. The molecule has 3 rings (SSSR count). The highest BCUT2D eigenvalue weighted by Gasteiger charge is 2.05. The third kappa shape index (κ3) is 3.38. The van der Waals surface area contributed by atoms with Gasteiger partial charge in [-0.15, -0.1) is 12.4 Å². The number of imidazole rings is 1. The van der Waals surface area contributed by atoms with Crippen molar-refractivity contribution in [2.75, 3.05) is 0 Å². The van der Waals surface area contributed by atoms with Gasteiger partial charge in [-0.1, -0.05) is 6.07 Å². The molecule has 2 N–H and O–H groups in total. The van der Waals surface area contributed by atoms with Crippen molar-refractivity contribution in [1.29, 1.82) is 0 Å². The standard InChI is InChI=1S/C15H14N4O.ClH/c1-10-18-13-3-2-11(8-14(13)19-10)9-17-15(20)12-4-6-16-7-5-12;/h2-8H,9H2,1H3,(H,17,20)(H,18,19);1H. The lowest BCUT2D eigenvalue weighted by atomic mass is 10.2. The number of rotatable bonds is 3. The second-order valence-corrected chi connectivity index (χ2v) is 4.59. The second kappa shape index (κ2) is 6.37. The van der Waals surface area contributed by atoms with Gasteiger partial charge < -0.3 is 10.3 Å². The first-order valence-corrected chi connectivity index (χ1v) is 6.36. The highest BCUT2D eigenvalue weighted by atomic mass is 35.5. The molecular formula is C15H15ClN4O. The van der Waals surface area contributed by atoms with Gasteiger partial charge in [0.25, 0.3) is 5.91 Å². The van der Waals surface area contributed by atoms with Crippen LogP contribution in [0.15, 0.2) is 42.7 Å². The number of halogens is 1. The van der Waals surface area contributed by atoms with E-state index in [0.29, 0.717) is 12.1 Å². The molecular weight excluding hydrogens is 288 g/mol. The van der Waals surface area contributed by atoms with Crippen molar-refractivity contribution in [1.82, 2.24) is 20.3 Å². The first-order valence-electron chi connectivity index (χ1n) is 6.36. The van der Waals surface area contributed by atoms with Gasteiger partial charge in [-0.3, -0.25) is 9.78 Å². The molecule has 21 heavy (non-hydrogen) atoms. The highest BCUT2D eigenvalue weighted by molar-refractivity contribution is 5.94. The van der Waals surface area contributed by atoms with Crippen LogP contribution < -0.4 is 5.32 Å². The number of hydrogen-bond acceptors (Lipinski definition) is 3. The van der Waals surface area contributed by atoms with Gasteiger partial charge in [0.2, 0.25) is 0 Å². The summed E-state index contributed by atoms with van der Waals surface area (Å²) in [7, 11) is 0. The van der Waals surface area contributed by atoms with Gasteiger partial charge in [0.05, 0.1) is 11.0 Å². The quantitative estimate of drug-likeness (QED) is 0.781. The predicted octanol–water partition coefficient (Wildman–Crippen LogP) is 2.62. The summed E-state index contributed by atoms with van der Waals surface area (Å²) in [4.78, 5) is 23.4. The number of aryl methyl sites for hydroxylation is 1. The van der Waals surface area contributed by atoms with E-state index in [9.17, 15) is 4.79 Å². The van der Waals surface area contributed by atoms with E-state index in [1.807, 2.05) is 25.1 Å². The van der Waals surface area contributed by atoms with Gasteiger partial charge in [0.15, 0.2) is 0 Å². The molecule has 0 unspecified atom stereocenters. The summed E-state index contributed by atoms with van der Waals surface area (Å²) in [5.41, 5.74) is 3.56. The Hall–Kier alpha value is -2.40. The SMILES string of the molecule is Cc1nc2ccc(CNC(=O)c3ccncc3)cc2[nH]1.Cl. The minimum absolute atomic E-state index is 0. The van der Waals surface area contributed by atoms with E-state index in [1.54, 1.807) is 24.5 Å². The monoisotopic (exact) mass is 302 g/mol. The summed E-state index contributed by atoms with van der Waals surface area (Å²) >= 11 is 0. The second-order valence-electron chi connectivity index (χ2n) is 4.59. The van der Waals surface area contributed by atoms with Gasteiger partial charge in [0, 0.05) is 24.5 Å². The Morgan fingerprint density at radius 1 is 1.24 bits per heavy atom. The maximum absolute atomic E-state index is 11.9. The normalized spacial score (nSPS) is 10.1. The molecule has 3 aromatic rings. The number of aromatic amines is 1. The van der Waals surface area contributed by atoms with Crippen LogP contribution in [0.3, 0.4) is 0 Å². The van der Waals surface area contributed by atoms with E-state index in [0.717, 1.165) is 22.4 Å². The Morgan fingerprint density at radius 2 is 2.00 bits per heavy atom. The average Bonchev–Trinajstić information content (AvgIpc) is 2.85. The van der Waals surface area contributed by atoms with E-state index in [-0.39, 0.29) is 18.3 Å². The van der Waals surface area contributed by atoms with E-state index in [2.05, 4.69) is 20.3 Å². The number of pyridine rings is 1. The molecule has 0 saturated carbocycles. The van der Waals surface area contributed by atoms with E-state index in [4.69, 9.17) is 0 Å². The number of fused-ring (bicyclic) bond motifs is 1. The van der Waals surface area contributed by atoms with Crippen LogP contribution in [0.2, 0.25) is 0 Å². The van der Waals surface area contributed by atoms with Gasteiger partial charge in [-0.25, -0.2) is 4.98 Å². The van der Waals surface area contributed by atoms with Crippen LogP contribution in [-0.2, 0) is 6.54 Å². The molecule has 2 heterocycles. The van der Waals surface area contributed by atoms with Crippen LogP contribution in [0.25, 0.3) is 11.0 Å². The van der Waals surface area contributed by atoms with E-state index in [1.165, 1.54) is 0 Å². The van der Waals surface area contributed by atoms with Crippen LogP contribution in [0, 0.1) is 6.92 Å². The zero-order valence-corrected chi connectivity index (χ0v) is 12.3. The Morgan fingerprint density at radius 3 is 2.76 bits per heavy atom. The fourth-order valence-corrected chi connectivity index (χ4v) is 2.08. The van der Waals surface area contributed by atoms with Crippen LogP contribution in [0.1, 0.15) is 21.7 Å². The van der Waals surface area contributed by atoms with Crippen molar-refractivity contribution in [3.63, 3.8) is 0 Å². The molecule has 0 aliphatic heterocycles. The van der Waals surface area contributed by atoms with Crippen molar-refractivity contribution in [3.05, 3.63) is 59.7 Å². The van der Waals surface area contributed by atoms with Crippen molar-refractivity contribution >= 4 is 29.3 Å². The molecule has 6 heteroatoms. The molecule has 0 atom stereocenters. The van der Waals surface area contributed by atoms with Crippen molar-refractivity contribution in [2.45, 2.75) is 13.5 Å². The molecule has 1 aromatic carbocycles.